The summed E-state index contributed by atoms with van der Waals surface area (Å²) in [5, 5.41) is 0. The zero-order valence-corrected chi connectivity index (χ0v) is 29.3. The Morgan fingerprint density at radius 1 is 0.409 bits per heavy atom. The van der Waals surface area contributed by atoms with Gasteiger partial charge < -0.3 is 19.3 Å². The van der Waals surface area contributed by atoms with Crippen molar-refractivity contribution in [2.45, 2.75) is 131 Å². The third-order valence-corrected chi connectivity index (χ3v) is 8.76. The predicted molar refractivity (Wildman–Crippen MR) is 191 cm³/mol. The molecule has 0 saturated heterocycles. The molecule has 0 heterocycles. The fraction of sp³-hybridized carbons (Fsp3) is 0.700. The molecular weight excluding hydrogens is 540 g/mol. The molecule has 0 aromatic heterocycles. The van der Waals surface area contributed by atoms with E-state index in [4.69, 9.17) is 9.47 Å². The van der Waals surface area contributed by atoms with Crippen LogP contribution in [0.4, 0.5) is 0 Å². The van der Waals surface area contributed by atoms with E-state index in [1.165, 1.54) is 138 Å². The van der Waals surface area contributed by atoms with Crippen molar-refractivity contribution in [2.24, 2.45) is 0 Å². The van der Waals surface area contributed by atoms with Gasteiger partial charge in [-0.15, -0.1) is 0 Å². The molecule has 0 amide bonds. The highest BCUT2D eigenvalue weighted by molar-refractivity contribution is 5.70. The van der Waals surface area contributed by atoms with Gasteiger partial charge in [-0.2, -0.15) is 0 Å². The van der Waals surface area contributed by atoms with Crippen LogP contribution >= 0.6 is 0 Å². The lowest BCUT2D eigenvalue weighted by atomic mass is 9.96. The van der Waals surface area contributed by atoms with Gasteiger partial charge in [-0.25, -0.2) is 0 Å². The molecule has 0 radical (unpaired) electrons. The van der Waals surface area contributed by atoms with Crippen LogP contribution in [-0.4, -0.2) is 62.3 Å². The quantitative estimate of drug-likeness (QED) is 0.0858. The monoisotopic (exact) mass is 609 g/mol. The van der Waals surface area contributed by atoms with Crippen molar-refractivity contribution in [3.8, 4) is 11.1 Å². The summed E-state index contributed by atoms with van der Waals surface area (Å²) >= 11 is 0. The van der Waals surface area contributed by atoms with E-state index in [2.05, 4.69) is 86.0 Å². The van der Waals surface area contributed by atoms with Gasteiger partial charge in [0.05, 0.1) is 26.4 Å². The first-order valence-corrected chi connectivity index (χ1v) is 18.5. The van der Waals surface area contributed by atoms with E-state index in [1.807, 2.05) is 0 Å². The zero-order valence-electron chi connectivity index (χ0n) is 29.3. The fourth-order valence-corrected chi connectivity index (χ4v) is 5.94. The van der Waals surface area contributed by atoms with Gasteiger partial charge in [0, 0.05) is 13.1 Å². The molecule has 0 unspecified atom stereocenters. The first-order chi connectivity index (χ1) is 21.7. The Bertz CT molecular complexity index is 858. The van der Waals surface area contributed by atoms with Crippen molar-refractivity contribution in [1.29, 1.82) is 0 Å². The van der Waals surface area contributed by atoms with Crippen LogP contribution in [0.2, 0.25) is 0 Å². The molecule has 0 bridgehead atoms. The van der Waals surface area contributed by atoms with Crippen LogP contribution in [0.25, 0.3) is 11.1 Å². The summed E-state index contributed by atoms with van der Waals surface area (Å²) < 4.78 is 12.6. The molecule has 2 rings (SSSR count). The number of hydrogen-bond acceptors (Lipinski definition) is 4. The second-order valence-corrected chi connectivity index (χ2v) is 12.6. The fourth-order valence-electron chi connectivity index (χ4n) is 5.94. The van der Waals surface area contributed by atoms with E-state index in [-0.39, 0.29) is 0 Å². The number of unbranched alkanes of at least 4 members (excludes halogenated alkanes) is 10. The summed E-state index contributed by atoms with van der Waals surface area (Å²) in [6, 6.07) is 17.5. The number of hydrogen-bond donors (Lipinski definition) is 0. The van der Waals surface area contributed by atoms with Crippen LogP contribution in [0.3, 0.4) is 0 Å². The topological polar surface area (TPSA) is 24.9 Å². The molecule has 4 heteroatoms. The lowest BCUT2D eigenvalue weighted by Crippen LogP contribution is -2.30. The maximum Gasteiger partial charge on any atom is 0.0723 e. The summed E-state index contributed by atoms with van der Waals surface area (Å²) in [5.74, 6) is 0. The van der Waals surface area contributed by atoms with Gasteiger partial charge in [0.2, 0.25) is 0 Å². The van der Waals surface area contributed by atoms with Crippen LogP contribution < -0.4 is 0 Å². The molecule has 0 atom stereocenters. The number of benzene rings is 2. The van der Waals surface area contributed by atoms with E-state index in [0.29, 0.717) is 13.2 Å². The summed E-state index contributed by atoms with van der Waals surface area (Å²) in [6.45, 7) is 18.9. The molecular formula is C40H68N2O2. The van der Waals surface area contributed by atoms with E-state index >= 15 is 0 Å². The highest BCUT2D eigenvalue weighted by atomic mass is 16.5. The van der Waals surface area contributed by atoms with Crippen molar-refractivity contribution in [2.75, 3.05) is 52.5 Å². The highest BCUT2D eigenvalue weighted by Gasteiger charge is 2.11. The van der Waals surface area contributed by atoms with E-state index in [1.54, 1.807) is 0 Å². The number of ether oxygens (including phenoxy) is 2. The minimum absolute atomic E-state index is 0.648. The Hall–Kier alpha value is -1.72. The second kappa shape index (κ2) is 26.5. The van der Waals surface area contributed by atoms with Gasteiger partial charge in [-0.1, -0.05) is 140 Å². The number of nitrogens with zero attached hydrogens (tertiary/aromatic N) is 2. The molecule has 2 aromatic carbocycles. The molecule has 0 saturated carbocycles. The Morgan fingerprint density at radius 2 is 0.750 bits per heavy atom. The highest BCUT2D eigenvalue weighted by Crippen LogP contribution is 2.28. The molecule has 2 aromatic rings. The molecule has 44 heavy (non-hydrogen) atoms. The van der Waals surface area contributed by atoms with Crippen molar-refractivity contribution >= 4 is 0 Å². The molecule has 0 N–H and O–H groups in total. The van der Waals surface area contributed by atoms with Crippen molar-refractivity contribution in [3.05, 3.63) is 59.7 Å². The normalized spacial score (nSPS) is 11.7. The third-order valence-electron chi connectivity index (χ3n) is 8.76. The molecule has 0 spiro atoms. The standard InChI is InChI=1S/C40H68N2O2/c1-5-9-13-21-29-41(27-19-11-7-3)31-33-43-35-37-23-15-17-25-39(37)40-26-18-16-24-38(40)36-44-34-32-42(28-20-12-8-4)30-22-14-10-6-2/h15-18,23-26H,5-14,19-22,27-36H2,1-4H3. The van der Waals surface area contributed by atoms with Gasteiger partial charge >= 0.3 is 0 Å². The minimum Gasteiger partial charge on any atom is -0.375 e. The first kappa shape index (κ1) is 38.5. The Labute approximate surface area is 272 Å². The maximum atomic E-state index is 6.32. The SMILES string of the molecule is CCCCCCN(CCCCC)CCOCc1ccccc1-c1ccccc1COCCN(CCCCC)CCCCCC. The van der Waals surface area contributed by atoms with Crippen molar-refractivity contribution < 1.29 is 9.47 Å². The van der Waals surface area contributed by atoms with Gasteiger partial charge in [0.15, 0.2) is 0 Å². The predicted octanol–water partition coefficient (Wildman–Crippen LogP) is 10.5. The van der Waals surface area contributed by atoms with Crippen LogP contribution in [0.15, 0.2) is 48.5 Å². The summed E-state index contributed by atoms with van der Waals surface area (Å²) in [6.07, 6.45) is 18.4. The van der Waals surface area contributed by atoms with Gasteiger partial charge in [0.1, 0.15) is 0 Å². The molecule has 250 valence electrons. The van der Waals surface area contributed by atoms with Gasteiger partial charge in [-0.3, -0.25) is 0 Å². The molecule has 4 nitrogen and oxygen atoms in total. The van der Waals surface area contributed by atoms with E-state index in [0.717, 1.165) is 26.3 Å². The Morgan fingerprint density at radius 3 is 1.14 bits per heavy atom. The summed E-state index contributed by atoms with van der Waals surface area (Å²) in [7, 11) is 0. The van der Waals surface area contributed by atoms with Crippen LogP contribution in [0, 0.1) is 0 Å². The van der Waals surface area contributed by atoms with Gasteiger partial charge in [-0.05, 0) is 74.1 Å². The Kier molecular flexibility index (Phi) is 23.2. The molecule has 0 aliphatic carbocycles. The van der Waals surface area contributed by atoms with Gasteiger partial charge in [0.25, 0.3) is 0 Å². The van der Waals surface area contributed by atoms with E-state index in [9.17, 15) is 0 Å². The maximum absolute atomic E-state index is 6.32. The summed E-state index contributed by atoms with van der Waals surface area (Å²) in [5.41, 5.74) is 5.05. The largest absolute Gasteiger partial charge is 0.375 e. The number of rotatable bonds is 29. The minimum atomic E-state index is 0.648. The van der Waals surface area contributed by atoms with Crippen molar-refractivity contribution in [1.82, 2.24) is 9.80 Å². The van der Waals surface area contributed by atoms with E-state index < -0.39 is 0 Å². The van der Waals surface area contributed by atoms with Crippen LogP contribution in [0.1, 0.15) is 129 Å². The molecule has 0 aliphatic heterocycles. The summed E-state index contributed by atoms with van der Waals surface area (Å²) in [4.78, 5) is 5.25. The molecule has 0 aliphatic rings. The van der Waals surface area contributed by atoms with Crippen LogP contribution in [0.5, 0.6) is 0 Å². The first-order valence-electron chi connectivity index (χ1n) is 18.5. The Balaban J connectivity index is 1.91. The average Bonchev–Trinajstić information content (AvgIpc) is 3.05. The van der Waals surface area contributed by atoms with Crippen molar-refractivity contribution in [3.63, 3.8) is 0 Å². The third kappa shape index (κ3) is 17.1. The lowest BCUT2D eigenvalue weighted by molar-refractivity contribution is 0.0906. The zero-order chi connectivity index (χ0) is 31.5. The van der Waals surface area contributed by atoms with Crippen LogP contribution in [-0.2, 0) is 22.7 Å². The molecule has 0 fully saturated rings. The average molecular weight is 609 g/mol. The lowest BCUT2D eigenvalue weighted by Gasteiger charge is -2.23. The smallest absolute Gasteiger partial charge is 0.0723 e. The second-order valence-electron chi connectivity index (χ2n) is 12.6.